The molecule has 2 N–H and O–H groups in total. The molecule has 0 aliphatic carbocycles. The van der Waals surface area contributed by atoms with Crippen molar-refractivity contribution < 1.29 is 33.8 Å². The molecule has 2 aromatic carbocycles. The fourth-order valence-corrected chi connectivity index (χ4v) is 9.04. The number of esters is 1. The SMILES string of the molecule is CCOC(=O)CN1CCN(C2CCN(C(=O)[C@@H](Cc3cc(Br)c(O)c(Br)c3)OC(=O)N3CCC(N4CCc5ccccc5NC4=O)CC3)CC2)CC1. The molecule has 0 bridgehead atoms. The van der Waals surface area contributed by atoms with Crippen LogP contribution < -0.4 is 5.32 Å². The highest BCUT2D eigenvalue weighted by Gasteiger charge is 2.37. The van der Waals surface area contributed by atoms with Crippen LogP contribution in [0.15, 0.2) is 45.3 Å². The smallest absolute Gasteiger partial charge is 0.410 e. The van der Waals surface area contributed by atoms with Crippen molar-refractivity contribution in [3.8, 4) is 5.75 Å². The molecule has 0 unspecified atom stereocenters. The average molecular weight is 849 g/mol. The monoisotopic (exact) mass is 846 g/mol. The number of piperazine rings is 1. The minimum absolute atomic E-state index is 0.00988. The number of benzene rings is 2. The number of nitrogens with one attached hydrogen (secondary N) is 1. The van der Waals surface area contributed by atoms with Crippen LogP contribution in [-0.4, -0.2) is 144 Å². The van der Waals surface area contributed by atoms with Crippen LogP contribution in [0.5, 0.6) is 5.75 Å². The van der Waals surface area contributed by atoms with E-state index in [0.717, 1.165) is 62.3 Å². The van der Waals surface area contributed by atoms with E-state index in [-0.39, 0.29) is 36.1 Å². The summed E-state index contributed by atoms with van der Waals surface area (Å²) in [4.78, 5) is 62.7. The zero-order chi connectivity index (χ0) is 36.8. The number of anilines is 1. The topological polar surface area (TPSA) is 135 Å². The van der Waals surface area contributed by atoms with Gasteiger partial charge < -0.3 is 34.6 Å². The number of carbonyl (C=O) groups excluding carboxylic acids is 4. The van der Waals surface area contributed by atoms with Gasteiger partial charge in [-0.25, -0.2) is 9.59 Å². The summed E-state index contributed by atoms with van der Waals surface area (Å²) in [7, 11) is 0. The molecule has 4 aliphatic heterocycles. The van der Waals surface area contributed by atoms with Crippen LogP contribution in [0.4, 0.5) is 15.3 Å². The van der Waals surface area contributed by atoms with Gasteiger partial charge in [-0.1, -0.05) is 18.2 Å². The number of ether oxygens (including phenoxy) is 2. The van der Waals surface area contributed by atoms with E-state index in [9.17, 15) is 24.3 Å². The Hall–Kier alpha value is -3.40. The lowest BCUT2D eigenvalue weighted by Gasteiger charge is -2.43. The molecule has 1 atom stereocenters. The molecule has 2 aromatic rings. The first-order valence-electron chi connectivity index (χ1n) is 18.3. The number of piperidine rings is 2. The number of amides is 4. The molecule has 4 aliphatic rings. The Morgan fingerprint density at radius 2 is 1.52 bits per heavy atom. The Bertz CT molecular complexity index is 1580. The zero-order valence-electron chi connectivity index (χ0n) is 29.6. The number of carbonyl (C=O) groups is 4. The quantitative estimate of drug-likeness (QED) is 0.345. The van der Waals surface area contributed by atoms with Crippen molar-refractivity contribution in [1.29, 1.82) is 0 Å². The first kappa shape index (κ1) is 38.3. The van der Waals surface area contributed by atoms with E-state index in [1.807, 2.05) is 36.1 Å². The van der Waals surface area contributed by atoms with Gasteiger partial charge in [0.25, 0.3) is 5.91 Å². The molecule has 282 valence electrons. The van der Waals surface area contributed by atoms with Crippen molar-refractivity contribution in [3.05, 3.63) is 56.5 Å². The van der Waals surface area contributed by atoms with Gasteiger partial charge in [0.15, 0.2) is 6.10 Å². The first-order chi connectivity index (χ1) is 25.1. The molecule has 52 heavy (non-hydrogen) atoms. The van der Waals surface area contributed by atoms with Crippen molar-refractivity contribution in [3.63, 3.8) is 0 Å². The number of aromatic hydroxyl groups is 1. The zero-order valence-corrected chi connectivity index (χ0v) is 32.8. The molecule has 13 nitrogen and oxygen atoms in total. The van der Waals surface area contributed by atoms with Gasteiger partial charge >= 0.3 is 18.1 Å². The van der Waals surface area contributed by atoms with E-state index in [0.29, 0.717) is 73.7 Å². The summed E-state index contributed by atoms with van der Waals surface area (Å²) in [6.07, 6.45) is 2.15. The largest absolute Gasteiger partial charge is 0.506 e. The highest BCUT2D eigenvalue weighted by molar-refractivity contribution is 9.11. The number of phenolic OH excluding ortho intramolecular Hbond substituents is 1. The van der Waals surface area contributed by atoms with Crippen molar-refractivity contribution in [1.82, 2.24) is 24.5 Å². The maximum Gasteiger partial charge on any atom is 0.410 e. The van der Waals surface area contributed by atoms with Gasteiger partial charge in [-0.15, -0.1) is 0 Å². The van der Waals surface area contributed by atoms with Crippen LogP contribution in [0, 0.1) is 0 Å². The third-order valence-electron chi connectivity index (χ3n) is 10.7. The molecule has 0 radical (unpaired) electrons. The summed E-state index contributed by atoms with van der Waals surface area (Å²) in [6, 6.07) is 11.5. The van der Waals surface area contributed by atoms with Crippen molar-refractivity contribution in [2.75, 3.05) is 77.4 Å². The van der Waals surface area contributed by atoms with Crippen molar-refractivity contribution >= 4 is 61.5 Å². The molecule has 0 spiro atoms. The fraction of sp³-hybridized carbons (Fsp3) is 0.568. The van der Waals surface area contributed by atoms with Gasteiger partial charge in [0, 0.05) is 83.1 Å². The third kappa shape index (κ3) is 9.39. The Morgan fingerprint density at radius 3 is 2.19 bits per heavy atom. The molecule has 15 heteroatoms. The number of rotatable bonds is 9. The van der Waals surface area contributed by atoms with Crippen LogP contribution in [0.1, 0.15) is 43.7 Å². The minimum Gasteiger partial charge on any atom is -0.506 e. The lowest BCUT2D eigenvalue weighted by atomic mass is 10.0. The normalized spacial score (nSPS) is 20.1. The average Bonchev–Trinajstić information content (AvgIpc) is 3.31. The van der Waals surface area contributed by atoms with Gasteiger partial charge in [-0.05, 0) is 100 Å². The predicted octanol–water partition coefficient (Wildman–Crippen LogP) is 4.69. The maximum atomic E-state index is 14.1. The van der Waals surface area contributed by atoms with E-state index < -0.39 is 12.2 Å². The fourth-order valence-electron chi connectivity index (χ4n) is 7.75. The summed E-state index contributed by atoms with van der Waals surface area (Å²) in [5.41, 5.74) is 2.68. The number of hydrogen-bond donors (Lipinski definition) is 2. The molecule has 0 aromatic heterocycles. The number of fused-ring (bicyclic) bond motifs is 1. The molecule has 6 rings (SSSR count). The van der Waals surface area contributed by atoms with Gasteiger partial charge in [0.1, 0.15) is 5.75 Å². The maximum absolute atomic E-state index is 14.1. The second-order valence-corrected chi connectivity index (χ2v) is 15.6. The number of urea groups is 1. The first-order valence-corrected chi connectivity index (χ1v) is 19.9. The molecule has 4 heterocycles. The molecule has 3 fully saturated rings. The second-order valence-electron chi connectivity index (χ2n) is 13.9. The van der Waals surface area contributed by atoms with Crippen LogP contribution >= 0.6 is 31.9 Å². The Labute approximate surface area is 321 Å². The van der Waals surface area contributed by atoms with Crippen molar-refractivity contribution in [2.45, 2.75) is 63.6 Å². The second kappa shape index (κ2) is 17.6. The molecular weight excluding hydrogens is 800 g/mol. The van der Waals surface area contributed by atoms with Gasteiger partial charge in [0.05, 0.1) is 22.1 Å². The minimum atomic E-state index is -1.05. The summed E-state index contributed by atoms with van der Waals surface area (Å²) in [5.74, 6) is -0.373. The highest BCUT2D eigenvalue weighted by atomic mass is 79.9. The Balaban J connectivity index is 1.05. The van der Waals surface area contributed by atoms with Crippen LogP contribution in [0.3, 0.4) is 0 Å². The predicted molar refractivity (Wildman–Crippen MR) is 202 cm³/mol. The van der Waals surface area contributed by atoms with Crippen molar-refractivity contribution in [2.24, 2.45) is 0 Å². The number of likely N-dealkylation sites (tertiary alicyclic amines) is 2. The Morgan fingerprint density at radius 1 is 0.885 bits per heavy atom. The van der Waals surface area contributed by atoms with Crippen LogP contribution in [0.25, 0.3) is 0 Å². The van der Waals surface area contributed by atoms with E-state index in [1.165, 1.54) is 0 Å². The van der Waals surface area contributed by atoms with Gasteiger partial charge in [-0.3, -0.25) is 19.4 Å². The molecule has 0 saturated carbocycles. The van der Waals surface area contributed by atoms with E-state index in [1.54, 1.807) is 21.9 Å². The van der Waals surface area contributed by atoms with Crippen LogP contribution in [0.2, 0.25) is 0 Å². The van der Waals surface area contributed by atoms with E-state index in [2.05, 4.69) is 47.0 Å². The summed E-state index contributed by atoms with van der Waals surface area (Å²) >= 11 is 6.76. The summed E-state index contributed by atoms with van der Waals surface area (Å²) in [6.45, 7) is 8.35. The van der Waals surface area contributed by atoms with Gasteiger partial charge in [0.2, 0.25) is 0 Å². The van der Waals surface area contributed by atoms with E-state index >= 15 is 0 Å². The summed E-state index contributed by atoms with van der Waals surface area (Å²) in [5, 5.41) is 13.3. The van der Waals surface area contributed by atoms with Gasteiger partial charge in [-0.2, -0.15) is 0 Å². The standard InChI is InChI=1S/C37H48Br2N6O7/c1-2-51-33(46)24-41-17-19-42(20-18-41)27-8-12-43(13-9-27)35(48)32(23-25-21-29(38)34(47)30(39)22-25)52-37(50)44-14-10-28(11-15-44)45-16-7-26-5-3-4-6-31(26)40-36(45)49/h3-6,21-22,27-28,32,47H,2,7-20,23-24H2,1H3,(H,40,49)/t32-/m1/s1. The third-order valence-corrected chi connectivity index (χ3v) is 11.9. The van der Waals surface area contributed by atoms with Crippen LogP contribution in [-0.2, 0) is 31.9 Å². The number of para-hydroxylation sites is 1. The summed E-state index contributed by atoms with van der Waals surface area (Å²) < 4.78 is 12.1. The van der Waals surface area contributed by atoms with E-state index in [4.69, 9.17) is 9.47 Å². The number of nitrogens with zero attached hydrogens (tertiary/aromatic N) is 5. The molecule has 3 saturated heterocycles. The number of halogens is 2. The number of hydrogen-bond acceptors (Lipinski definition) is 9. The molecular formula is C37H48Br2N6O7. The lowest BCUT2D eigenvalue weighted by molar-refractivity contribution is -0.145. The Kier molecular flexibility index (Phi) is 13.0. The lowest BCUT2D eigenvalue weighted by Crippen LogP contribution is -2.55. The highest BCUT2D eigenvalue weighted by Crippen LogP contribution is 2.34. The number of phenols is 1. The molecule has 4 amide bonds.